The summed E-state index contributed by atoms with van der Waals surface area (Å²) in [5, 5.41) is 15.3. The lowest BCUT2D eigenvalue weighted by atomic mass is 9.85. The van der Waals surface area contributed by atoms with Crippen molar-refractivity contribution >= 4 is 75.7 Å². The molecule has 1 heterocycles. The highest BCUT2D eigenvalue weighted by Gasteiger charge is 2.21. The lowest BCUT2D eigenvalue weighted by Gasteiger charge is -2.21. The highest BCUT2D eigenvalue weighted by Crippen LogP contribution is 2.47. The molecule has 0 fully saturated rings. The standard InChI is InChI=1S/C48H29N/c1-3-15-33-30(11-1)13-9-19-35(33)37-25-23-32-24-26-41-43(36-20-10-14-31-12-2-4-16-34(31)36)29-46(42-28-27-40(37)47(32)48(41)42)49-44-21-7-5-17-38(44)39-18-6-8-22-45(39)49/h1-29H. The zero-order valence-electron chi connectivity index (χ0n) is 26.7. The fourth-order valence-corrected chi connectivity index (χ4v) is 8.62. The van der Waals surface area contributed by atoms with Crippen LogP contribution in [0.4, 0.5) is 0 Å². The molecule has 11 aromatic rings. The van der Waals surface area contributed by atoms with E-state index in [1.807, 2.05) is 0 Å². The number of benzene rings is 10. The third-order valence-corrected chi connectivity index (χ3v) is 10.7. The van der Waals surface area contributed by atoms with E-state index in [2.05, 4.69) is 180 Å². The Morgan fingerprint density at radius 2 is 0.735 bits per heavy atom. The molecule has 10 aromatic carbocycles. The molecule has 49 heavy (non-hydrogen) atoms. The molecule has 11 rings (SSSR count). The van der Waals surface area contributed by atoms with Crippen molar-refractivity contribution in [2.75, 3.05) is 0 Å². The van der Waals surface area contributed by atoms with E-state index >= 15 is 0 Å². The van der Waals surface area contributed by atoms with Gasteiger partial charge >= 0.3 is 0 Å². The average molecular weight is 620 g/mol. The molecular formula is C48H29N. The first-order valence-electron chi connectivity index (χ1n) is 17.0. The molecule has 0 bridgehead atoms. The second-order valence-corrected chi connectivity index (χ2v) is 13.2. The van der Waals surface area contributed by atoms with Crippen LogP contribution in [0.15, 0.2) is 176 Å². The van der Waals surface area contributed by atoms with Crippen LogP contribution in [-0.2, 0) is 0 Å². The van der Waals surface area contributed by atoms with Gasteiger partial charge in [0.1, 0.15) is 0 Å². The van der Waals surface area contributed by atoms with E-state index in [4.69, 9.17) is 0 Å². The fourth-order valence-electron chi connectivity index (χ4n) is 8.62. The number of nitrogens with zero attached hydrogens (tertiary/aromatic N) is 1. The highest BCUT2D eigenvalue weighted by atomic mass is 15.0. The zero-order valence-corrected chi connectivity index (χ0v) is 26.7. The summed E-state index contributed by atoms with van der Waals surface area (Å²) >= 11 is 0. The van der Waals surface area contributed by atoms with Crippen LogP contribution >= 0.6 is 0 Å². The predicted molar refractivity (Wildman–Crippen MR) is 210 cm³/mol. The molecule has 1 aromatic heterocycles. The minimum atomic E-state index is 1.21. The van der Waals surface area contributed by atoms with Crippen molar-refractivity contribution in [2.45, 2.75) is 0 Å². The van der Waals surface area contributed by atoms with E-state index in [1.54, 1.807) is 0 Å². The van der Waals surface area contributed by atoms with Gasteiger partial charge in [-0.25, -0.2) is 0 Å². The zero-order chi connectivity index (χ0) is 32.1. The Labute approximate surface area is 283 Å². The Hall–Kier alpha value is -6.44. The van der Waals surface area contributed by atoms with Crippen molar-refractivity contribution in [3.63, 3.8) is 0 Å². The first-order chi connectivity index (χ1) is 24.3. The Kier molecular flexibility index (Phi) is 5.45. The van der Waals surface area contributed by atoms with Crippen LogP contribution in [0.5, 0.6) is 0 Å². The van der Waals surface area contributed by atoms with E-state index in [9.17, 15) is 0 Å². The van der Waals surface area contributed by atoms with Crippen molar-refractivity contribution in [3.8, 4) is 27.9 Å². The molecule has 0 spiro atoms. The summed E-state index contributed by atoms with van der Waals surface area (Å²) in [6.45, 7) is 0. The molecule has 0 aliphatic carbocycles. The topological polar surface area (TPSA) is 4.93 Å². The molecule has 226 valence electrons. The van der Waals surface area contributed by atoms with E-state index in [-0.39, 0.29) is 0 Å². The van der Waals surface area contributed by atoms with Gasteiger partial charge < -0.3 is 4.57 Å². The number of rotatable bonds is 3. The number of hydrogen-bond acceptors (Lipinski definition) is 0. The smallest absolute Gasteiger partial charge is 0.0547 e. The number of fused-ring (bicyclic) bond motifs is 5. The van der Waals surface area contributed by atoms with Gasteiger partial charge in [-0.15, -0.1) is 0 Å². The highest BCUT2D eigenvalue weighted by molar-refractivity contribution is 6.30. The Balaban J connectivity index is 1.34. The molecule has 0 amide bonds. The first-order valence-corrected chi connectivity index (χ1v) is 17.0. The van der Waals surface area contributed by atoms with Crippen LogP contribution in [0.2, 0.25) is 0 Å². The Bertz CT molecular complexity index is 3040. The van der Waals surface area contributed by atoms with Gasteiger partial charge in [-0.2, -0.15) is 0 Å². The minimum Gasteiger partial charge on any atom is -0.309 e. The Morgan fingerprint density at radius 3 is 1.41 bits per heavy atom. The van der Waals surface area contributed by atoms with E-state index < -0.39 is 0 Å². The summed E-state index contributed by atoms with van der Waals surface area (Å²) in [6.07, 6.45) is 0. The van der Waals surface area contributed by atoms with Crippen LogP contribution in [-0.4, -0.2) is 4.57 Å². The fraction of sp³-hybridized carbons (Fsp3) is 0. The summed E-state index contributed by atoms with van der Waals surface area (Å²) < 4.78 is 2.50. The molecule has 0 atom stereocenters. The molecule has 1 nitrogen and oxygen atoms in total. The number of hydrogen-bond donors (Lipinski definition) is 0. The normalized spacial score (nSPS) is 12.1. The molecule has 0 N–H and O–H groups in total. The van der Waals surface area contributed by atoms with Gasteiger partial charge in [0.15, 0.2) is 0 Å². The largest absolute Gasteiger partial charge is 0.309 e. The van der Waals surface area contributed by atoms with Gasteiger partial charge in [-0.1, -0.05) is 158 Å². The maximum Gasteiger partial charge on any atom is 0.0547 e. The average Bonchev–Trinajstić information content (AvgIpc) is 3.50. The maximum atomic E-state index is 2.50. The summed E-state index contributed by atoms with van der Waals surface area (Å²) in [7, 11) is 0. The van der Waals surface area contributed by atoms with E-state index in [1.165, 1.54) is 104 Å². The van der Waals surface area contributed by atoms with Crippen LogP contribution in [0, 0.1) is 0 Å². The Morgan fingerprint density at radius 1 is 0.265 bits per heavy atom. The first kappa shape index (κ1) is 26.6. The minimum absolute atomic E-state index is 1.21. The lowest BCUT2D eigenvalue weighted by molar-refractivity contribution is 1.20. The molecule has 1 heteroatoms. The summed E-state index contributed by atoms with van der Waals surface area (Å²) in [5.41, 5.74) is 8.70. The monoisotopic (exact) mass is 619 g/mol. The SMILES string of the molecule is c1ccc2c(-c3ccc4ccc5c(-c6cccc7ccccc67)cc(-n6c7ccccc7c7ccccc76)c6ccc3c4c56)cccc2c1. The van der Waals surface area contributed by atoms with Crippen molar-refractivity contribution in [1.82, 2.24) is 4.57 Å². The van der Waals surface area contributed by atoms with Crippen molar-refractivity contribution in [3.05, 3.63) is 176 Å². The molecule has 0 saturated carbocycles. The summed E-state index contributed by atoms with van der Waals surface area (Å²) in [6, 6.07) is 65.1. The van der Waals surface area contributed by atoms with Crippen LogP contribution in [0.1, 0.15) is 0 Å². The summed E-state index contributed by atoms with van der Waals surface area (Å²) in [5.74, 6) is 0. The molecule has 0 unspecified atom stereocenters. The molecular weight excluding hydrogens is 591 g/mol. The van der Waals surface area contributed by atoms with Crippen LogP contribution in [0.25, 0.3) is 104 Å². The predicted octanol–water partition coefficient (Wildman–Crippen LogP) is 13.3. The third kappa shape index (κ3) is 3.70. The van der Waals surface area contributed by atoms with Gasteiger partial charge in [0, 0.05) is 21.5 Å². The van der Waals surface area contributed by atoms with Crippen LogP contribution in [0.3, 0.4) is 0 Å². The number of aromatic nitrogens is 1. The molecule has 0 radical (unpaired) electrons. The molecule has 0 aliphatic rings. The van der Waals surface area contributed by atoms with Gasteiger partial charge in [0.2, 0.25) is 0 Å². The second kappa shape index (κ2) is 10.0. The van der Waals surface area contributed by atoms with Crippen molar-refractivity contribution in [2.24, 2.45) is 0 Å². The van der Waals surface area contributed by atoms with Crippen molar-refractivity contribution in [1.29, 1.82) is 0 Å². The van der Waals surface area contributed by atoms with Crippen LogP contribution < -0.4 is 0 Å². The quantitative estimate of drug-likeness (QED) is 0.173. The lowest BCUT2D eigenvalue weighted by Crippen LogP contribution is -1.99. The van der Waals surface area contributed by atoms with Gasteiger partial charge in [0.25, 0.3) is 0 Å². The number of para-hydroxylation sites is 2. The molecule has 0 saturated heterocycles. The van der Waals surface area contributed by atoms with Crippen molar-refractivity contribution < 1.29 is 0 Å². The maximum absolute atomic E-state index is 2.50. The van der Waals surface area contributed by atoms with E-state index in [0.717, 1.165) is 0 Å². The van der Waals surface area contributed by atoms with Gasteiger partial charge in [-0.3, -0.25) is 0 Å². The summed E-state index contributed by atoms with van der Waals surface area (Å²) in [4.78, 5) is 0. The van der Waals surface area contributed by atoms with Gasteiger partial charge in [-0.05, 0) is 83.5 Å². The van der Waals surface area contributed by atoms with E-state index in [0.29, 0.717) is 0 Å². The third-order valence-electron chi connectivity index (χ3n) is 10.7. The second-order valence-electron chi connectivity index (χ2n) is 13.2. The molecule has 0 aliphatic heterocycles. The van der Waals surface area contributed by atoms with Gasteiger partial charge in [0.05, 0.1) is 16.7 Å².